The molecule has 4 heteroatoms. The Balaban J connectivity index is 2.08. The molecule has 0 spiro atoms. The summed E-state index contributed by atoms with van der Waals surface area (Å²) in [6.45, 7) is 7.85. The Morgan fingerprint density at radius 1 is 1.27 bits per heavy atom. The third kappa shape index (κ3) is 3.87. The highest BCUT2D eigenvalue weighted by Gasteiger charge is 2.38. The predicted octanol–water partition coefficient (Wildman–Crippen LogP) is 2.44. The molecule has 1 aliphatic heterocycles. The monoisotopic (exact) mass is 302 g/mol. The Kier molecular flexibility index (Phi) is 4.89. The van der Waals surface area contributed by atoms with Crippen LogP contribution in [0.5, 0.6) is 0 Å². The second-order valence-electron chi connectivity index (χ2n) is 6.79. The molecule has 2 rings (SSSR count). The summed E-state index contributed by atoms with van der Waals surface area (Å²) in [5, 5.41) is 2.76. The molecule has 0 bridgehead atoms. The fraction of sp³-hybridized carbons (Fsp3) is 0.556. The first-order chi connectivity index (χ1) is 10.3. The summed E-state index contributed by atoms with van der Waals surface area (Å²) in [7, 11) is 0. The molecule has 0 radical (unpaired) electrons. The van der Waals surface area contributed by atoms with E-state index in [1.54, 1.807) is 13.8 Å². The van der Waals surface area contributed by atoms with E-state index in [4.69, 9.17) is 0 Å². The smallest absolute Gasteiger partial charge is 0.248 e. The highest BCUT2D eigenvalue weighted by atomic mass is 16.2. The van der Waals surface area contributed by atoms with E-state index >= 15 is 0 Å². The van der Waals surface area contributed by atoms with Crippen LogP contribution >= 0.6 is 0 Å². The molecule has 1 aromatic carbocycles. The van der Waals surface area contributed by atoms with Crippen molar-refractivity contribution in [1.29, 1.82) is 0 Å². The van der Waals surface area contributed by atoms with Gasteiger partial charge in [-0.05, 0) is 45.6 Å². The Morgan fingerprint density at radius 2 is 1.91 bits per heavy atom. The second kappa shape index (κ2) is 6.51. The summed E-state index contributed by atoms with van der Waals surface area (Å²) in [5.74, 6) is -0.162. The maximum Gasteiger partial charge on any atom is 0.248 e. The molecule has 0 aromatic heterocycles. The summed E-state index contributed by atoms with van der Waals surface area (Å²) in [6, 6.07) is 8.71. The zero-order valence-electron chi connectivity index (χ0n) is 14.0. The van der Waals surface area contributed by atoms with E-state index in [2.05, 4.69) is 36.5 Å². The van der Waals surface area contributed by atoms with Crippen LogP contribution in [0.15, 0.2) is 24.3 Å². The molecule has 120 valence electrons. The highest BCUT2D eigenvalue weighted by Crippen LogP contribution is 2.24. The lowest BCUT2D eigenvalue weighted by molar-refractivity contribution is -0.140. The van der Waals surface area contributed by atoms with Crippen LogP contribution in [0.1, 0.15) is 44.7 Å². The van der Waals surface area contributed by atoms with Crippen LogP contribution in [0.3, 0.4) is 0 Å². The first kappa shape index (κ1) is 16.5. The first-order valence-corrected chi connectivity index (χ1v) is 7.95. The van der Waals surface area contributed by atoms with Crippen LogP contribution in [-0.2, 0) is 16.0 Å². The highest BCUT2D eigenvalue weighted by molar-refractivity contribution is 5.90. The summed E-state index contributed by atoms with van der Waals surface area (Å²) < 4.78 is 0. The summed E-state index contributed by atoms with van der Waals surface area (Å²) >= 11 is 0. The van der Waals surface area contributed by atoms with E-state index in [-0.39, 0.29) is 17.9 Å². The molecular formula is C18H26N2O2. The minimum Gasteiger partial charge on any atom is -0.342 e. The van der Waals surface area contributed by atoms with Gasteiger partial charge >= 0.3 is 0 Å². The van der Waals surface area contributed by atoms with Crippen molar-refractivity contribution in [3.8, 4) is 0 Å². The molecule has 1 heterocycles. The van der Waals surface area contributed by atoms with E-state index in [0.29, 0.717) is 0 Å². The lowest BCUT2D eigenvalue weighted by atomic mass is 9.99. The number of amides is 2. The minimum atomic E-state index is -0.846. The van der Waals surface area contributed by atoms with Crippen molar-refractivity contribution in [1.82, 2.24) is 10.2 Å². The Labute approximate surface area is 132 Å². The van der Waals surface area contributed by atoms with Gasteiger partial charge in [0.2, 0.25) is 11.8 Å². The fourth-order valence-electron chi connectivity index (χ4n) is 3.16. The van der Waals surface area contributed by atoms with Crippen molar-refractivity contribution in [2.45, 2.75) is 58.5 Å². The normalized spacial score (nSPS) is 18.4. The fourth-order valence-corrected chi connectivity index (χ4v) is 3.16. The van der Waals surface area contributed by atoms with Crippen LogP contribution in [0.2, 0.25) is 0 Å². The molecule has 2 amide bonds. The Morgan fingerprint density at radius 3 is 2.50 bits per heavy atom. The van der Waals surface area contributed by atoms with Crippen molar-refractivity contribution < 1.29 is 9.59 Å². The quantitative estimate of drug-likeness (QED) is 0.928. The minimum absolute atomic E-state index is 0.0114. The van der Waals surface area contributed by atoms with Gasteiger partial charge in [0.1, 0.15) is 5.54 Å². The number of nitrogens with one attached hydrogen (secondary N) is 1. The number of hydrogen-bond donors (Lipinski definition) is 1. The van der Waals surface area contributed by atoms with Crippen molar-refractivity contribution in [2.24, 2.45) is 0 Å². The summed E-state index contributed by atoms with van der Waals surface area (Å²) in [6.07, 6.45) is 2.93. The van der Waals surface area contributed by atoms with Crippen molar-refractivity contribution in [2.75, 3.05) is 6.54 Å². The second-order valence-corrected chi connectivity index (χ2v) is 6.79. The van der Waals surface area contributed by atoms with Gasteiger partial charge < -0.3 is 10.2 Å². The maximum absolute atomic E-state index is 12.8. The maximum atomic E-state index is 12.8. The van der Waals surface area contributed by atoms with E-state index < -0.39 is 5.54 Å². The SMILES string of the molecule is CC(=O)NC(C)(C)C(=O)N1CCCC1Cc1ccc(C)cc1. The van der Waals surface area contributed by atoms with Gasteiger partial charge in [-0.15, -0.1) is 0 Å². The lowest BCUT2D eigenvalue weighted by Gasteiger charge is -2.33. The third-order valence-corrected chi connectivity index (χ3v) is 4.25. The van der Waals surface area contributed by atoms with Gasteiger partial charge in [-0.3, -0.25) is 9.59 Å². The molecule has 0 saturated carbocycles. The molecule has 1 unspecified atom stereocenters. The van der Waals surface area contributed by atoms with Gasteiger partial charge in [0, 0.05) is 19.5 Å². The molecule has 1 N–H and O–H groups in total. The third-order valence-electron chi connectivity index (χ3n) is 4.25. The molecular weight excluding hydrogens is 276 g/mol. The molecule has 22 heavy (non-hydrogen) atoms. The summed E-state index contributed by atoms with van der Waals surface area (Å²) in [4.78, 5) is 26.0. The zero-order chi connectivity index (χ0) is 16.3. The molecule has 1 saturated heterocycles. The van der Waals surface area contributed by atoms with Gasteiger partial charge in [-0.25, -0.2) is 0 Å². The molecule has 1 aromatic rings. The van der Waals surface area contributed by atoms with Crippen LogP contribution in [0, 0.1) is 6.92 Å². The molecule has 1 atom stereocenters. The lowest BCUT2D eigenvalue weighted by Crippen LogP contribution is -2.56. The predicted molar refractivity (Wildman–Crippen MR) is 87.5 cm³/mol. The first-order valence-electron chi connectivity index (χ1n) is 7.95. The van der Waals surface area contributed by atoms with Gasteiger partial charge in [0.05, 0.1) is 0 Å². The van der Waals surface area contributed by atoms with Gasteiger partial charge in [0.25, 0.3) is 0 Å². The molecule has 0 aliphatic carbocycles. The summed E-state index contributed by atoms with van der Waals surface area (Å²) in [5.41, 5.74) is 1.66. The number of nitrogens with zero attached hydrogens (tertiary/aromatic N) is 1. The number of rotatable bonds is 4. The Bertz CT molecular complexity index is 549. The van der Waals surface area contributed by atoms with Crippen LogP contribution in [-0.4, -0.2) is 34.8 Å². The number of benzene rings is 1. The van der Waals surface area contributed by atoms with Crippen molar-refractivity contribution in [3.63, 3.8) is 0 Å². The largest absolute Gasteiger partial charge is 0.342 e. The number of likely N-dealkylation sites (tertiary alicyclic amines) is 1. The molecule has 1 fully saturated rings. The van der Waals surface area contributed by atoms with Gasteiger partial charge in [-0.1, -0.05) is 29.8 Å². The van der Waals surface area contributed by atoms with Gasteiger partial charge in [0.15, 0.2) is 0 Å². The average Bonchev–Trinajstić information content (AvgIpc) is 2.87. The number of aryl methyl sites for hydroxylation is 1. The van der Waals surface area contributed by atoms with E-state index in [1.165, 1.54) is 18.1 Å². The van der Waals surface area contributed by atoms with E-state index in [0.717, 1.165) is 25.8 Å². The average molecular weight is 302 g/mol. The Hall–Kier alpha value is -1.84. The van der Waals surface area contributed by atoms with Crippen LogP contribution < -0.4 is 5.32 Å². The zero-order valence-corrected chi connectivity index (χ0v) is 14.0. The van der Waals surface area contributed by atoms with Gasteiger partial charge in [-0.2, -0.15) is 0 Å². The molecule has 4 nitrogen and oxygen atoms in total. The van der Waals surface area contributed by atoms with Crippen molar-refractivity contribution >= 4 is 11.8 Å². The number of carbonyl (C=O) groups excluding carboxylic acids is 2. The van der Waals surface area contributed by atoms with Crippen LogP contribution in [0.4, 0.5) is 0 Å². The topological polar surface area (TPSA) is 49.4 Å². The number of hydrogen-bond acceptors (Lipinski definition) is 2. The number of carbonyl (C=O) groups is 2. The van der Waals surface area contributed by atoms with E-state index in [1.807, 2.05) is 4.90 Å². The van der Waals surface area contributed by atoms with Crippen LogP contribution in [0.25, 0.3) is 0 Å². The van der Waals surface area contributed by atoms with E-state index in [9.17, 15) is 9.59 Å². The van der Waals surface area contributed by atoms with Crippen molar-refractivity contribution in [3.05, 3.63) is 35.4 Å². The standard InChI is InChI=1S/C18H26N2O2/c1-13-7-9-15(10-8-13)12-16-6-5-11-20(16)17(22)18(3,4)19-14(2)21/h7-10,16H,5-6,11-12H2,1-4H3,(H,19,21). The molecule has 1 aliphatic rings.